The third kappa shape index (κ3) is 3.12. The molecule has 3 aromatic rings. The fourth-order valence-electron chi connectivity index (χ4n) is 2.28. The van der Waals surface area contributed by atoms with Crippen LogP contribution in [0.25, 0.3) is 11.0 Å². The van der Waals surface area contributed by atoms with Gasteiger partial charge in [0, 0.05) is 15.4 Å². The van der Waals surface area contributed by atoms with Crippen molar-refractivity contribution in [1.82, 2.24) is 0 Å². The predicted molar refractivity (Wildman–Crippen MR) is 89.9 cm³/mol. The predicted octanol–water partition coefficient (Wildman–Crippen LogP) is 3.92. The topological polar surface area (TPSA) is 79.5 Å². The number of furan rings is 1. The SMILES string of the molecule is O=C(O)CNc1c(C(=O)c2ccc(Br)cc2)oc2ccccc12. The molecule has 0 aliphatic heterocycles. The molecule has 5 nitrogen and oxygen atoms in total. The number of benzene rings is 2. The highest BCUT2D eigenvalue weighted by molar-refractivity contribution is 9.10. The van der Waals surface area contributed by atoms with Crippen LogP contribution >= 0.6 is 15.9 Å². The summed E-state index contributed by atoms with van der Waals surface area (Å²) >= 11 is 3.32. The largest absolute Gasteiger partial charge is 0.480 e. The lowest BCUT2D eigenvalue weighted by Gasteiger charge is -2.04. The molecular formula is C17H12BrNO4. The van der Waals surface area contributed by atoms with E-state index < -0.39 is 5.97 Å². The van der Waals surface area contributed by atoms with Gasteiger partial charge < -0.3 is 14.8 Å². The summed E-state index contributed by atoms with van der Waals surface area (Å²) in [6.07, 6.45) is 0. The molecule has 0 saturated heterocycles. The van der Waals surface area contributed by atoms with Crippen molar-refractivity contribution in [3.8, 4) is 0 Å². The summed E-state index contributed by atoms with van der Waals surface area (Å²) in [5.41, 5.74) is 1.39. The van der Waals surface area contributed by atoms with Gasteiger partial charge in [-0.05, 0) is 36.4 Å². The van der Waals surface area contributed by atoms with Crippen molar-refractivity contribution in [3.05, 3.63) is 64.3 Å². The number of aliphatic carboxylic acids is 1. The minimum Gasteiger partial charge on any atom is -0.480 e. The van der Waals surface area contributed by atoms with E-state index in [9.17, 15) is 9.59 Å². The summed E-state index contributed by atoms with van der Waals surface area (Å²) in [6, 6.07) is 14.0. The summed E-state index contributed by atoms with van der Waals surface area (Å²) in [6.45, 7) is -0.301. The number of halogens is 1. The number of fused-ring (bicyclic) bond motifs is 1. The molecule has 1 aromatic heterocycles. The Kier molecular flexibility index (Phi) is 4.16. The van der Waals surface area contributed by atoms with Crippen LogP contribution in [0.15, 0.2) is 57.4 Å². The Morgan fingerprint density at radius 3 is 2.48 bits per heavy atom. The van der Waals surface area contributed by atoms with Crippen LogP contribution in [0.4, 0.5) is 5.69 Å². The molecular weight excluding hydrogens is 362 g/mol. The van der Waals surface area contributed by atoms with Crippen molar-refractivity contribution in [1.29, 1.82) is 0 Å². The number of carboxylic acid groups (broad SMARTS) is 1. The summed E-state index contributed by atoms with van der Waals surface area (Å²) in [5, 5.41) is 12.3. The molecule has 0 unspecified atom stereocenters. The molecule has 0 fully saturated rings. The van der Waals surface area contributed by atoms with Gasteiger partial charge in [0.25, 0.3) is 0 Å². The first kappa shape index (κ1) is 15.3. The fourth-order valence-corrected chi connectivity index (χ4v) is 2.54. The van der Waals surface area contributed by atoms with Gasteiger partial charge in [-0.2, -0.15) is 0 Å². The zero-order valence-corrected chi connectivity index (χ0v) is 13.5. The van der Waals surface area contributed by atoms with Gasteiger partial charge in [-0.15, -0.1) is 0 Å². The van der Waals surface area contributed by atoms with Crippen molar-refractivity contribution in [2.75, 3.05) is 11.9 Å². The Bertz CT molecular complexity index is 883. The molecule has 0 aliphatic carbocycles. The first-order valence-corrected chi connectivity index (χ1v) is 7.63. The number of hydrogen-bond acceptors (Lipinski definition) is 4. The third-order valence-corrected chi connectivity index (χ3v) is 3.85. The quantitative estimate of drug-likeness (QED) is 0.662. The summed E-state index contributed by atoms with van der Waals surface area (Å²) in [7, 11) is 0. The van der Waals surface area contributed by atoms with Crippen molar-refractivity contribution < 1.29 is 19.1 Å². The number of carbonyl (C=O) groups excluding carboxylic acids is 1. The van der Waals surface area contributed by atoms with Gasteiger partial charge in [-0.3, -0.25) is 9.59 Å². The molecule has 3 rings (SSSR count). The molecule has 2 aromatic carbocycles. The van der Waals surface area contributed by atoms with E-state index in [4.69, 9.17) is 9.52 Å². The van der Waals surface area contributed by atoms with Gasteiger partial charge in [-0.25, -0.2) is 0 Å². The van der Waals surface area contributed by atoms with Crippen LogP contribution in [0.1, 0.15) is 16.1 Å². The molecule has 0 saturated carbocycles. The fraction of sp³-hybridized carbons (Fsp3) is 0.0588. The van der Waals surface area contributed by atoms with Gasteiger partial charge in [-0.1, -0.05) is 28.1 Å². The Morgan fingerprint density at radius 1 is 1.09 bits per heavy atom. The second-order valence-corrected chi connectivity index (χ2v) is 5.80. The maximum atomic E-state index is 12.7. The molecule has 2 N–H and O–H groups in total. The number of para-hydroxylation sites is 1. The molecule has 0 radical (unpaired) electrons. The standard InChI is InChI=1S/C17H12BrNO4/c18-11-7-5-10(6-8-11)16(22)17-15(19-9-14(20)21)12-3-1-2-4-13(12)23-17/h1-8,19H,9H2,(H,20,21). The number of nitrogens with one attached hydrogen (secondary N) is 1. The van der Waals surface area contributed by atoms with E-state index in [1.807, 2.05) is 0 Å². The first-order valence-electron chi connectivity index (χ1n) is 6.83. The van der Waals surface area contributed by atoms with Crippen LogP contribution in [0.3, 0.4) is 0 Å². The van der Waals surface area contributed by atoms with Crippen LogP contribution in [0, 0.1) is 0 Å². The Morgan fingerprint density at radius 2 is 1.78 bits per heavy atom. The maximum absolute atomic E-state index is 12.7. The van der Waals surface area contributed by atoms with Crippen molar-refractivity contribution in [2.24, 2.45) is 0 Å². The highest BCUT2D eigenvalue weighted by atomic mass is 79.9. The van der Waals surface area contributed by atoms with E-state index in [-0.39, 0.29) is 18.1 Å². The van der Waals surface area contributed by atoms with Crippen molar-refractivity contribution >= 4 is 44.3 Å². The van der Waals surface area contributed by atoms with Crippen LogP contribution in [-0.4, -0.2) is 23.4 Å². The minimum absolute atomic E-state index is 0.106. The lowest BCUT2D eigenvalue weighted by Crippen LogP contribution is -2.14. The number of carbonyl (C=O) groups is 2. The average molecular weight is 374 g/mol. The van der Waals surface area contributed by atoms with Gasteiger partial charge in [0.2, 0.25) is 5.78 Å². The van der Waals surface area contributed by atoms with Crippen LogP contribution < -0.4 is 5.32 Å². The maximum Gasteiger partial charge on any atom is 0.322 e. The van der Waals surface area contributed by atoms with Crippen molar-refractivity contribution in [2.45, 2.75) is 0 Å². The number of carboxylic acids is 1. The second-order valence-electron chi connectivity index (χ2n) is 4.89. The Hall–Kier alpha value is -2.60. The molecule has 6 heteroatoms. The number of hydrogen-bond donors (Lipinski definition) is 2. The highest BCUT2D eigenvalue weighted by Gasteiger charge is 2.22. The van der Waals surface area contributed by atoms with Crippen molar-refractivity contribution in [3.63, 3.8) is 0 Å². The molecule has 0 bridgehead atoms. The van der Waals surface area contributed by atoms with E-state index in [0.717, 1.165) is 4.47 Å². The zero-order valence-electron chi connectivity index (χ0n) is 11.9. The van der Waals surface area contributed by atoms with E-state index >= 15 is 0 Å². The zero-order chi connectivity index (χ0) is 16.4. The normalized spacial score (nSPS) is 10.7. The summed E-state index contributed by atoms with van der Waals surface area (Å²) in [5.74, 6) is -1.21. The smallest absolute Gasteiger partial charge is 0.322 e. The van der Waals surface area contributed by atoms with E-state index in [1.165, 1.54) is 0 Å². The molecule has 23 heavy (non-hydrogen) atoms. The van der Waals surface area contributed by atoms with Crippen LogP contribution in [-0.2, 0) is 4.79 Å². The molecule has 0 spiro atoms. The van der Waals surface area contributed by atoms with Gasteiger partial charge in [0.15, 0.2) is 5.76 Å². The van der Waals surface area contributed by atoms with Crippen LogP contribution in [0.5, 0.6) is 0 Å². The minimum atomic E-state index is -1.02. The van der Waals surface area contributed by atoms with E-state index in [1.54, 1.807) is 48.5 Å². The molecule has 0 atom stereocenters. The molecule has 0 amide bonds. The summed E-state index contributed by atoms with van der Waals surface area (Å²) in [4.78, 5) is 23.5. The average Bonchev–Trinajstić information content (AvgIpc) is 2.91. The number of ketones is 1. The second kappa shape index (κ2) is 6.26. The molecule has 116 valence electrons. The van der Waals surface area contributed by atoms with E-state index in [0.29, 0.717) is 22.2 Å². The van der Waals surface area contributed by atoms with Gasteiger partial charge >= 0.3 is 5.97 Å². The van der Waals surface area contributed by atoms with Gasteiger partial charge in [0.1, 0.15) is 12.1 Å². The Labute approximate surface area is 140 Å². The summed E-state index contributed by atoms with van der Waals surface area (Å²) < 4.78 is 6.53. The third-order valence-electron chi connectivity index (χ3n) is 3.32. The first-order chi connectivity index (χ1) is 11.1. The number of anilines is 1. The lowest BCUT2D eigenvalue weighted by atomic mass is 10.1. The van der Waals surface area contributed by atoms with Gasteiger partial charge in [0.05, 0.1) is 5.69 Å². The lowest BCUT2D eigenvalue weighted by molar-refractivity contribution is -0.134. The van der Waals surface area contributed by atoms with E-state index in [2.05, 4.69) is 21.2 Å². The Balaban J connectivity index is 2.08. The molecule has 0 aliphatic rings. The molecule has 1 heterocycles. The van der Waals surface area contributed by atoms with Crippen LogP contribution in [0.2, 0.25) is 0 Å². The highest BCUT2D eigenvalue weighted by Crippen LogP contribution is 2.32. The monoisotopic (exact) mass is 373 g/mol. The number of rotatable bonds is 5.